The second kappa shape index (κ2) is 10.6. The summed E-state index contributed by atoms with van der Waals surface area (Å²) in [6, 6.07) is 16.9. The Hall–Kier alpha value is -4.18. The molecule has 11 heteroatoms. The Bertz CT molecular complexity index is 1240. The summed E-state index contributed by atoms with van der Waals surface area (Å²) in [5.74, 6) is -2.97. The summed E-state index contributed by atoms with van der Waals surface area (Å²) in [7, 11) is 0. The van der Waals surface area contributed by atoms with E-state index in [4.69, 9.17) is 11.6 Å². The molecule has 0 atom stereocenters. The van der Waals surface area contributed by atoms with Crippen LogP contribution in [0.25, 0.3) is 0 Å². The smallest absolute Gasteiger partial charge is 0.322 e. The number of alkyl halides is 3. The number of benzene rings is 3. The number of hydrogen-bond acceptors (Lipinski definition) is 4. The zero-order chi connectivity index (χ0) is 24.7. The summed E-state index contributed by atoms with van der Waals surface area (Å²) in [6.45, 7) is 0. The molecule has 0 aromatic heterocycles. The van der Waals surface area contributed by atoms with Gasteiger partial charge < -0.3 is 10.6 Å². The largest absolute Gasteiger partial charge is 0.417 e. The highest BCUT2D eigenvalue weighted by Crippen LogP contribution is 2.31. The highest BCUT2D eigenvalue weighted by atomic mass is 35.5. The zero-order valence-electron chi connectivity index (χ0n) is 17.2. The summed E-state index contributed by atoms with van der Waals surface area (Å²) in [4.78, 5) is 36.9. The van der Waals surface area contributed by atoms with Gasteiger partial charge in [-0.05, 0) is 42.5 Å². The maximum Gasteiger partial charge on any atom is 0.417 e. The highest BCUT2D eigenvalue weighted by Gasteiger charge is 2.32. The third-order valence-electron chi connectivity index (χ3n) is 4.36. The lowest BCUT2D eigenvalue weighted by atomic mass is 10.1. The molecule has 0 saturated heterocycles. The maximum absolute atomic E-state index is 13.0. The van der Waals surface area contributed by atoms with Crippen LogP contribution in [-0.4, -0.2) is 23.9 Å². The Labute approximate surface area is 196 Å². The van der Waals surface area contributed by atoms with Crippen LogP contribution >= 0.6 is 11.6 Å². The van der Waals surface area contributed by atoms with Crippen molar-refractivity contribution in [2.75, 3.05) is 10.6 Å². The van der Waals surface area contributed by atoms with Crippen molar-refractivity contribution < 1.29 is 27.6 Å². The number of para-hydroxylation sites is 1. The molecule has 0 heterocycles. The third-order valence-corrected chi connectivity index (χ3v) is 4.62. The highest BCUT2D eigenvalue weighted by molar-refractivity contribution is 6.40. The molecule has 0 fully saturated rings. The molecule has 0 bridgehead atoms. The number of rotatable bonds is 5. The van der Waals surface area contributed by atoms with Crippen LogP contribution in [0.15, 0.2) is 77.9 Å². The van der Waals surface area contributed by atoms with E-state index in [1.807, 2.05) is 5.43 Å². The van der Waals surface area contributed by atoms with Gasteiger partial charge in [0.2, 0.25) is 0 Å². The van der Waals surface area contributed by atoms with Gasteiger partial charge in [0.15, 0.2) is 0 Å². The van der Waals surface area contributed by atoms with E-state index in [1.54, 1.807) is 36.4 Å². The van der Waals surface area contributed by atoms with E-state index in [0.717, 1.165) is 18.3 Å². The van der Waals surface area contributed by atoms with Crippen molar-refractivity contribution >= 4 is 46.9 Å². The number of carbonyl (C=O) groups is 3. The van der Waals surface area contributed by atoms with E-state index in [1.165, 1.54) is 24.3 Å². The van der Waals surface area contributed by atoms with E-state index in [9.17, 15) is 27.6 Å². The first kappa shape index (κ1) is 24.5. The van der Waals surface area contributed by atoms with Crippen molar-refractivity contribution in [2.45, 2.75) is 6.18 Å². The van der Waals surface area contributed by atoms with Crippen LogP contribution in [0.2, 0.25) is 5.02 Å². The average Bonchev–Trinajstić information content (AvgIpc) is 2.80. The number of nitrogens with one attached hydrogen (secondary N) is 3. The van der Waals surface area contributed by atoms with Crippen molar-refractivity contribution in [3.8, 4) is 0 Å². The molecule has 174 valence electrons. The molecule has 3 rings (SSSR count). The molecule has 34 heavy (non-hydrogen) atoms. The van der Waals surface area contributed by atoms with Gasteiger partial charge in [-0.2, -0.15) is 18.3 Å². The Morgan fingerprint density at radius 3 is 2.18 bits per heavy atom. The molecule has 0 aliphatic heterocycles. The fourth-order valence-electron chi connectivity index (χ4n) is 2.78. The molecule has 0 spiro atoms. The van der Waals surface area contributed by atoms with Gasteiger partial charge in [0.1, 0.15) is 0 Å². The van der Waals surface area contributed by atoms with Crippen LogP contribution in [0.4, 0.5) is 24.5 Å². The van der Waals surface area contributed by atoms with E-state index < -0.39 is 29.5 Å². The third kappa shape index (κ3) is 6.42. The predicted molar refractivity (Wildman–Crippen MR) is 122 cm³/mol. The van der Waals surface area contributed by atoms with Crippen LogP contribution in [-0.2, 0) is 15.8 Å². The van der Waals surface area contributed by atoms with Gasteiger partial charge in [0.05, 0.1) is 23.0 Å². The zero-order valence-corrected chi connectivity index (χ0v) is 17.9. The van der Waals surface area contributed by atoms with Crippen molar-refractivity contribution in [1.82, 2.24) is 5.43 Å². The molecule has 0 unspecified atom stereocenters. The van der Waals surface area contributed by atoms with Crippen molar-refractivity contribution in [3.05, 3.63) is 94.5 Å². The standard InChI is InChI=1S/C23H16ClF3N4O3/c24-15-9-11-16(12-10-15)29-20(32)17-6-2-4-8-19(17)30-21(33)22(34)31-28-13-14-5-1-3-7-18(14)23(25,26)27/h1-13H,(H,29,32)(H,30,33)(H,31,34)/b28-13+. The summed E-state index contributed by atoms with van der Waals surface area (Å²) in [5.41, 5.74) is 1.20. The van der Waals surface area contributed by atoms with Gasteiger partial charge in [-0.1, -0.05) is 41.9 Å². The summed E-state index contributed by atoms with van der Waals surface area (Å²) in [6.07, 6.45) is -3.83. The topological polar surface area (TPSA) is 99.7 Å². The first-order valence-electron chi connectivity index (χ1n) is 9.61. The Balaban J connectivity index is 1.66. The van der Waals surface area contributed by atoms with E-state index in [2.05, 4.69) is 15.7 Å². The summed E-state index contributed by atoms with van der Waals surface area (Å²) < 4.78 is 39.0. The molecule has 3 aromatic rings. The number of nitrogens with zero attached hydrogens (tertiary/aromatic N) is 1. The molecule has 0 aliphatic rings. The Morgan fingerprint density at radius 1 is 0.824 bits per heavy atom. The van der Waals surface area contributed by atoms with Gasteiger partial charge in [0, 0.05) is 16.3 Å². The fourth-order valence-corrected chi connectivity index (χ4v) is 2.91. The normalized spacial score (nSPS) is 11.2. The molecular weight excluding hydrogens is 473 g/mol. The molecule has 3 amide bonds. The lowest BCUT2D eigenvalue weighted by Crippen LogP contribution is -2.33. The molecule has 3 N–H and O–H groups in total. The second-order valence-corrected chi connectivity index (χ2v) is 7.18. The number of hydrogen-bond donors (Lipinski definition) is 3. The molecule has 0 radical (unpaired) electrons. The van der Waals surface area contributed by atoms with Crippen LogP contribution in [0.3, 0.4) is 0 Å². The number of carbonyl (C=O) groups excluding carboxylic acids is 3. The SMILES string of the molecule is O=C(N/N=C/c1ccccc1C(F)(F)F)C(=O)Nc1ccccc1C(=O)Nc1ccc(Cl)cc1. The summed E-state index contributed by atoms with van der Waals surface area (Å²) in [5, 5.41) is 8.83. The van der Waals surface area contributed by atoms with Crippen molar-refractivity contribution in [3.63, 3.8) is 0 Å². The second-order valence-electron chi connectivity index (χ2n) is 6.74. The lowest BCUT2D eigenvalue weighted by molar-refractivity contribution is -0.137. The molecule has 7 nitrogen and oxygen atoms in total. The summed E-state index contributed by atoms with van der Waals surface area (Å²) >= 11 is 5.82. The van der Waals surface area contributed by atoms with Crippen molar-refractivity contribution in [1.29, 1.82) is 0 Å². The van der Waals surface area contributed by atoms with Gasteiger partial charge in [0.25, 0.3) is 5.91 Å². The van der Waals surface area contributed by atoms with Crippen LogP contribution in [0, 0.1) is 0 Å². The van der Waals surface area contributed by atoms with Gasteiger partial charge in [-0.25, -0.2) is 5.43 Å². The monoisotopic (exact) mass is 488 g/mol. The minimum absolute atomic E-state index is 0.0421. The average molecular weight is 489 g/mol. The van der Waals surface area contributed by atoms with E-state index in [0.29, 0.717) is 10.7 Å². The first-order valence-corrected chi connectivity index (χ1v) is 9.99. The minimum Gasteiger partial charge on any atom is -0.322 e. The minimum atomic E-state index is -4.61. The van der Waals surface area contributed by atoms with Gasteiger partial charge in [-0.15, -0.1) is 0 Å². The fraction of sp³-hybridized carbons (Fsp3) is 0.0435. The van der Waals surface area contributed by atoms with Crippen molar-refractivity contribution in [2.24, 2.45) is 5.10 Å². The maximum atomic E-state index is 13.0. The molecule has 0 saturated carbocycles. The lowest BCUT2D eigenvalue weighted by Gasteiger charge is -2.11. The quantitative estimate of drug-likeness (QED) is 0.276. The number of anilines is 2. The number of halogens is 4. The molecular formula is C23H16ClF3N4O3. The molecule has 0 aliphatic carbocycles. The van der Waals surface area contributed by atoms with E-state index in [-0.39, 0.29) is 16.8 Å². The predicted octanol–water partition coefficient (Wildman–Crippen LogP) is 4.70. The van der Waals surface area contributed by atoms with Gasteiger partial charge in [-0.3, -0.25) is 14.4 Å². The first-order chi connectivity index (χ1) is 16.1. The van der Waals surface area contributed by atoms with E-state index >= 15 is 0 Å². The van der Waals surface area contributed by atoms with Gasteiger partial charge >= 0.3 is 18.0 Å². The number of hydrazone groups is 1. The molecule has 3 aromatic carbocycles. The Morgan fingerprint density at radius 2 is 1.47 bits per heavy atom. The van der Waals surface area contributed by atoms with Crippen LogP contribution < -0.4 is 16.1 Å². The Kier molecular flexibility index (Phi) is 7.64. The van der Waals surface area contributed by atoms with Crippen LogP contribution in [0.1, 0.15) is 21.5 Å². The number of amides is 3. The van der Waals surface area contributed by atoms with Crippen LogP contribution in [0.5, 0.6) is 0 Å².